The first kappa shape index (κ1) is 22.5. The maximum absolute atomic E-state index is 11.6. The maximum Gasteiger partial charge on any atom is 0.407 e. The Morgan fingerprint density at radius 2 is 1.81 bits per heavy atom. The van der Waals surface area contributed by atoms with Gasteiger partial charge in [0.2, 0.25) is 0 Å². The van der Waals surface area contributed by atoms with Crippen LogP contribution in [-0.2, 0) is 24.1 Å². The van der Waals surface area contributed by atoms with Gasteiger partial charge in [0.05, 0.1) is 0 Å². The van der Waals surface area contributed by atoms with Crippen LogP contribution >= 0.6 is 24.0 Å². The molecule has 0 atom stereocenters. The van der Waals surface area contributed by atoms with E-state index < -0.39 is 11.7 Å². The molecular weight excluding hydrogens is 443 g/mol. The van der Waals surface area contributed by atoms with Crippen LogP contribution in [0, 0.1) is 0 Å². The molecule has 0 radical (unpaired) electrons. The maximum atomic E-state index is 11.6. The average Bonchev–Trinajstić information content (AvgIpc) is 3.00. The van der Waals surface area contributed by atoms with Gasteiger partial charge in [-0.1, -0.05) is 18.2 Å². The summed E-state index contributed by atoms with van der Waals surface area (Å²) in [4.78, 5) is 15.8. The van der Waals surface area contributed by atoms with Gasteiger partial charge < -0.3 is 20.7 Å². The lowest BCUT2D eigenvalue weighted by Crippen LogP contribution is -2.42. The fourth-order valence-electron chi connectivity index (χ4n) is 2.80. The summed E-state index contributed by atoms with van der Waals surface area (Å²) < 4.78 is 5.19. The molecule has 1 aromatic rings. The third-order valence-corrected chi connectivity index (χ3v) is 3.93. The molecule has 1 aromatic carbocycles. The molecule has 0 saturated heterocycles. The Morgan fingerprint density at radius 1 is 1.12 bits per heavy atom. The van der Waals surface area contributed by atoms with Crippen molar-refractivity contribution in [2.45, 2.75) is 52.2 Å². The summed E-state index contributed by atoms with van der Waals surface area (Å²) in [6, 6.07) is 6.70. The van der Waals surface area contributed by atoms with Crippen LogP contribution in [0.5, 0.6) is 0 Å². The van der Waals surface area contributed by atoms with E-state index in [0.717, 1.165) is 6.54 Å². The number of carbonyl (C=O) groups is 1. The first-order valence-corrected chi connectivity index (χ1v) is 8.89. The zero-order chi connectivity index (χ0) is 18.3. The van der Waals surface area contributed by atoms with E-state index in [1.165, 1.54) is 36.0 Å². The second kappa shape index (κ2) is 10.6. The number of benzene rings is 1. The molecule has 0 aliphatic heterocycles. The quantitative estimate of drug-likeness (QED) is 0.266. The van der Waals surface area contributed by atoms with E-state index in [1.54, 1.807) is 7.05 Å². The largest absolute Gasteiger partial charge is 0.444 e. The van der Waals surface area contributed by atoms with Crippen LogP contribution in [0.2, 0.25) is 0 Å². The molecule has 0 saturated carbocycles. The van der Waals surface area contributed by atoms with Gasteiger partial charge >= 0.3 is 6.09 Å². The van der Waals surface area contributed by atoms with Crippen molar-refractivity contribution in [3.8, 4) is 0 Å². The zero-order valence-electron chi connectivity index (χ0n) is 16.1. The minimum absolute atomic E-state index is 0. The van der Waals surface area contributed by atoms with Crippen LogP contribution < -0.4 is 16.0 Å². The Balaban J connectivity index is 0.00000338. The highest BCUT2D eigenvalue weighted by molar-refractivity contribution is 14.0. The second-order valence-electron chi connectivity index (χ2n) is 7.24. The Labute approximate surface area is 173 Å². The molecular formula is C19H31IN4O2. The Hall–Kier alpha value is -1.51. The number of hydrogen-bond acceptors (Lipinski definition) is 3. The second-order valence-corrected chi connectivity index (χ2v) is 7.24. The minimum Gasteiger partial charge on any atom is -0.444 e. The lowest BCUT2D eigenvalue weighted by molar-refractivity contribution is 0.0529. The van der Waals surface area contributed by atoms with Crippen molar-refractivity contribution < 1.29 is 9.53 Å². The Morgan fingerprint density at radius 3 is 2.50 bits per heavy atom. The summed E-state index contributed by atoms with van der Waals surface area (Å²) in [5.74, 6) is 0.714. The predicted molar refractivity (Wildman–Crippen MR) is 116 cm³/mol. The number of hydrogen-bond donors (Lipinski definition) is 3. The van der Waals surface area contributed by atoms with Gasteiger partial charge in [-0.25, -0.2) is 4.79 Å². The van der Waals surface area contributed by atoms with E-state index in [9.17, 15) is 4.79 Å². The topological polar surface area (TPSA) is 74.8 Å². The number of guanidine groups is 1. The number of aryl methyl sites for hydroxylation is 2. The molecule has 26 heavy (non-hydrogen) atoms. The smallest absolute Gasteiger partial charge is 0.407 e. The summed E-state index contributed by atoms with van der Waals surface area (Å²) in [5, 5.41) is 9.19. The number of alkyl carbamates (subject to hydrolysis) is 1. The number of carbonyl (C=O) groups excluding carboxylic acids is 1. The number of ether oxygens (including phenoxy) is 1. The third-order valence-electron chi connectivity index (χ3n) is 3.93. The SMILES string of the molecule is CN=C(NCCNC(=O)OC(C)(C)C)NCc1ccc2c(c1)CCC2.I. The van der Waals surface area contributed by atoms with Crippen molar-refractivity contribution in [1.29, 1.82) is 0 Å². The number of nitrogens with zero attached hydrogens (tertiary/aromatic N) is 1. The van der Waals surface area contributed by atoms with Gasteiger partial charge in [0.15, 0.2) is 5.96 Å². The molecule has 3 N–H and O–H groups in total. The van der Waals surface area contributed by atoms with Crippen molar-refractivity contribution in [3.05, 3.63) is 34.9 Å². The Kier molecular flexibility index (Phi) is 9.18. The van der Waals surface area contributed by atoms with Crippen molar-refractivity contribution in [3.63, 3.8) is 0 Å². The van der Waals surface area contributed by atoms with Gasteiger partial charge in [0.25, 0.3) is 0 Å². The van der Waals surface area contributed by atoms with Crippen LogP contribution in [-0.4, -0.2) is 37.8 Å². The molecule has 1 aliphatic carbocycles. The van der Waals surface area contributed by atoms with E-state index in [2.05, 4.69) is 39.1 Å². The monoisotopic (exact) mass is 474 g/mol. The number of nitrogens with one attached hydrogen (secondary N) is 3. The van der Waals surface area contributed by atoms with E-state index >= 15 is 0 Å². The normalized spacial score (nSPS) is 13.5. The van der Waals surface area contributed by atoms with E-state index in [1.807, 2.05) is 20.8 Å². The third kappa shape index (κ3) is 7.80. The van der Waals surface area contributed by atoms with Crippen molar-refractivity contribution in [1.82, 2.24) is 16.0 Å². The van der Waals surface area contributed by atoms with Gasteiger partial charge in [-0.15, -0.1) is 24.0 Å². The van der Waals surface area contributed by atoms with Crippen LogP contribution in [0.4, 0.5) is 4.79 Å². The molecule has 0 unspecified atom stereocenters. The number of halogens is 1. The lowest BCUT2D eigenvalue weighted by Gasteiger charge is -2.20. The average molecular weight is 474 g/mol. The van der Waals surface area contributed by atoms with Gasteiger partial charge in [0.1, 0.15) is 5.60 Å². The summed E-state index contributed by atoms with van der Waals surface area (Å²) in [6.45, 7) is 7.30. The van der Waals surface area contributed by atoms with Gasteiger partial charge in [-0.2, -0.15) is 0 Å². The van der Waals surface area contributed by atoms with Crippen LogP contribution in [0.1, 0.15) is 43.9 Å². The predicted octanol–water partition coefficient (Wildman–Crippen LogP) is 2.98. The highest BCUT2D eigenvalue weighted by Gasteiger charge is 2.15. The number of rotatable bonds is 5. The van der Waals surface area contributed by atoms with Crippen molar-refractivity contribution >= 4 is 36.0 Å². The van der Waals surface area contributed by atoms with E-state index in [4.69, 9.17) is 4.74 Å². The molecule has 0 bridgehead atoms. The molecule has 1 aliphatic rings. The van der Waals surface area contributed by atoms with Gasteiger partial charge in [0, 0.05) is 26.7 Å². The molecule has 2 rings (SSSR count). The molecule has 6 nitrogen and oxygen atoms in total. The highest BCUT2D eigenvalue weighted by atomic mass is 127. The molecule has 7 heteroatoms. The van der Waals surface area contributed by atoms with Crippen LogP contribution in [0.25, 0.3) is 0 Å². The van der Waals surface area contributed by atoms with Crippen LogP contribution in [0.3, 0.4) is 0 Å². The van der Waals surface area contributed by atoms with E-state index in [0.29, 0.717) is 19.0 Å². The highest BCUT2D eigenvalue weighted by Crippen LogP contribution is 2.22. The molecule has 0 fully saturated rings. The van der Waals surface area contributed by atoms with E-state index in [-0.39, 0.29) is 24.0 Å². The summed E-state index contributed by atoms with van der Waals surface area (Å²) in [7, 11) is 1.74. The first-order chi connectivity index (χ1) is 11.9. The standard InChI is InChI=1S/C19H30N4O2.HI/c1-19(2,3)25-18(24)22-11-10-21-17(20-4)23-13-14-8-9-15-6-5-7-16(15)12-14;/h8-9,12H,5-7,10-11,13H2,1-4H3,(H,22,24)(H2,20,21,23);1H. The Bertz CT molecular complexity index is 626. The van der Waals surface area contributed by atoms with Crippen molar-refractivity contribution in [2.24, 2.45) is 4.99 Å². The molecule has 0 heterocycles. The lowest BCUT2D eigenvalue weighted by atomic mass is 10.1. The fraction of sp³-hybridized carbons (Fsp3) is 0.579. The molecule has 0 aromatic heterocycles. The van der Waals surface area contributed by atoms with Gasteiger partial charge in [-0.3, -0.25) is 4.99 Å². The number of amides is 1. The fourth-order valence-corrected chi connectivity index (χ4v) is 2.80. The number of fused-ring (bicyclic) bond motifs is 1. The zero-order valence-corrected chi connectivity index (χ0v) is 18.5. The molecule has 146 valence electrons. The first-order valence-electron chi connectivity index (χ1n) is 8.89. The minimum atomic E-state index is -0.481. The van der Waals surface area contributed by atoms with Crippen LogP contribution in [0.15, 0.2) is 23.2 Å². The molecule has 0 spiro atoms. The molecule has 1 amide bonds. The summed E-state index contributed by atoms with van der Waals surface area (Å²) in [6.07, 6.45) is 3.25. The number of aliphatic imine (C=N–C) groups is 1. The van der Waals surface area contributed by atoms with Crippen molar-refractivity contribution in [2.75, 3.05) is 20.1 Å². The summed E-state index contributed by atoms with van der Waals surface area (Å²) >= 11 is 0. The van der Waals surface area contributed by atoms with Gasteiger partial charge in [-0.05, 0) is 56.7 Å². The summed E-state index contributed by atoms with van der Waals surface area (Å²) in [5.41, 5.74) is 3.74.